The summed E-state index contributed by atoms with van der Waals surface area (Å²) >= 11 is 0. The zero-order chi connectivity index (χ0) is 11.9. The van der Waals surface area contributed by atoms with Gasteiger partial charge in [-0.3, -0.25) is 0 Å². The fourth-order valence-corrected chi connectivity index (χ4v) is 2.50. The predicted molar refractivity (Wildman–Crippen MR) is 70.3 cm³/mol. The van der Waals surface area contributed by atoms with Gasteiger partial charge in [-0.2, -0.15) is 0 Å². The van der Waals surface area contributed by atoms with Crippen molar-refractivity contribution in [1.82, 2.24) is 4.98 Å². The van der Waals surface area contributed by atoms with E-state index >= 15 is 0 Å². The van der Waals surface area contributed by atoms with Crippen molar-refractivity contribution in [2.45, 2.75) is 12.8 Å². The first-order valence-electron chi connectivity index (χ1n) is 6.12. The number of aliphatic hydroxyl groups excluding tert-OH is 1. The van der Waals surface area contributed by atoms with Gasteiger partial charge in [0.1, 0.15) is 0 Å². The largest absolute Gasteiger partial charge is 0.396 e. The molecule has 3 rings (SSSR count). The molecule has 1 aromatic carbocycles. The van der Waals surface area contributed by atoms with Crippen molar-refractivity contribution in [1.29, 1.82) is 0 Å². The van der Waals surface area contributed by atoms with Crippen molar-refractivity contribution in [2.75, 3.05) is 25.1 Å². The first kappa shape index (κ1) is 10.7. The number of anilines is 1. The first-order valence-corrected chi connectivity index (χ1v) is 6.12. The molecule has 1 heterocycles. The van der Waals surface area contributed by atoms with E-state index in [0.29, 0.717) is 6.61 Å². The molecule has 90 valence electrons. The minimum atomic E-state index is 0.160. The molecule has 1 aliphatic carbocycles. The van der Waals surface area contributed by atoms with Crippen LogP contribution in [0.2, 0.25) is 0 Å². The Morgan fingerprint density at radius 1 is 1.35 bits per heavy atom. The Balaban J connectivity index is 1.88. The van der Waals surface area contributed by atoms with E-state index in [1.807, 2.05) is 6.07 Å². The SMILES string of the molecule is CN(CC1(CO)CC1)c1c[nH]c2ccccc12. The Labute approximate surface area is 101 Å². The summed E-state index contributed by atoms with van der Waals surface area (Å²) in [5.41, 5.74) is 2.55. The Morgan fingerprint density at radius 2 is 2.12 bits per heavy atom. The summed E-state index contributed by atoms with van der Waals surface area (Å²) in [6.45, 7) is 1.24. The number of H-pyrrole nitrogens is 1. The zero-order valence-corrected chi connectivity index (χ0v) is 10.1. The van der Waals surface area contributed by atoms with E-state index < -0.39 is 0 Å². The minimum absolute atomic E-state index is 0.160. The van der Waals surface area contributed by atoms with Crippen molar-refractivity contribution < 1.29 is 5.11 Å². The number of fused-ring (bicyclic) bond motifs is 1. The molecule has 0 aliphatic heterocycles. The van der Waals surface area contributed by atoms with Crippen LogP contribution in [-0.2, 0) is 0 Å². The van der Waals surface area contributed by atoms with Crippen LogP contribution in [0.3, 0.4) is 0 Å². The number of para-hydroxylation sites is 1. The number of hydrogen-bond acceptors (Lipinski definition) is 2. The molecule has 17 heavy (non-hydrogen) atoms. The second-order valence-corrected chi connectivity index (χ2v) is 5.23. The molecule has 1 aliphatic rings. The lowest BCUT2D eigenvalue weighted by Crippen LogP contribution is -2.28. The van der Waals surface area contributed by atoms with Gasteiger partial charge in [0.25, 0.3) is 0 Å². The van der Waals surface area contributed by atoms with Crippen LogP contribution in [-0.4, -0.2) is 30.3 Å². The Kier molecular flexibility index (Phi) is 2.37. The van der Waals surface area contributed by atoms with Crippen LogP contribution in [0.15, 0.2) is 30.5 Å². The van der Waals surface area contributed by atoms with Crippen LogP contribution in [0.4, 0.5) is 5.69 Å². The summed E-state index contributed by atoms with van der Waals surface area (Å²) in [6, 6.07) is 8.33. The highest BCUT2D eigenvalue weighted by atomic mass is 16.3. The average molecular weight is 230 g/mol. The molecule has 2 N–H and O–H groups in total. The zero-order valence-electron chi connectivity index (χ0n) is 10.1. The van der Waals surface area contributed by atoms with Gasteiger partial charge in [0.2, 0.25) is 0 Å². The molecule has 3 heteroatoms. The predicted octanol–water partition coefficient (Wildman–Crippen LogP) is 2.38. The highest BCUT2D eigenvalue weighted by molar-refractivity contribution is 5.92. The number of benzene rings is 1. The highest BCUT2D eigenvalue weighted by Gasteiger charge is 2.43. The third kappa shape index (κ3) is 1.80. The molecule has 0 atom stereocenters. The van der Waals surface area contributed by atoms with E-state index in [9.17, 15) is 5.11 Å². The second-order valence-electron chi connectivity index (χ2n) is 5.23. The first-order chi connectivity index (χ1) is 8.24. The Hall–Kier alpha value is -1.48. The molecular formula is C14H18N2O. The van der Waals surface area contributed by atoms with Crippen molar-refractivity contribution in [2.24, 2.45) is 5.41 Å². The van der Waals surface area contributed by atoms with Crippen LogP contribution < -0.4 is 4.90 Å². The van der Waals surface area contributed by atoms with E-state index in [4.69, 9.17) is 0 Å². The Morgan fingerprint density at radius 3 is 2.82 bits per heavy atom. The fraction of sp³-hybridized carbons (Fsp3) is 0.429. The maximum atomic E-state index is 9.38. The molecule has 0 unspecified atom stereocenters. The quantitative estimate of drug-likeness (QED) is 0.846. The maximum Gasteiger partial charge on any atom is 0.0621 e. The van der Waals surface area contributed by atoms with Crippen molar-refractivity contribution in [3.05, 3.63) is 30.5 Å². The van der Waals surface area contributed by atoms with E-state index in [2.05, 4.69) is 41.3 Å². The fourth-order valence-electron chi connectivity index (χ4n) is 2.50. The number of aromatic amines is 1. The van der Waals surface area contributed by atoms with Gasteiger partial charge < -0.3 is 15.0 Å². The maximum absolute atomic E-state index is 9.38. The summed E-state index contributed by atoms with van der Waals surface area (Å²) in [5.74, 6) is 0. The third-order valence-electron chi connectivity index (χ3n) is 3.84. The summed E-state index contributed by atoms with van der Waals surface area (Å²) in [5, 5.41) is 10.6. The molecule has 1 fully saturated rings. The average Bonchev–Trinajstić information content (AvgIpc) is 2.99. The van der Waals surface area contributed by atoms with Crippen LogP contribution >= 0.6 is 0 Å². The molecule has 0 saturated heterocycles. The molecular weight excluding hydrogens is 212 g/mol. The van der Waals surface area contributed by atoms with Crippen LogP contribution in [0, 0.1) is 5.41 Å². The van der Waals surface area contributed by atoms with Crippen LogP contribution in [0.5, 0.6) is 0 Å². The number of hydrogen-bond donors (Lipinski definition) is 2. The summed E-state index contributed by atoms with van der Waals surface area (Å²) < 4.78 is 0. The lowest BCUT2D eigenvalue weighted by molar-refractivity contribution is 0.215. The number of aliphatic hydroxyl groups is 1. The third-order valence-corrected chi connectivity index (χ3v) is 3.84. The summed E-state index contributed by atoms with van der Waals surface area (Å²) in [6.07, 6.45) is 4.35. The molecule has 0 amide bonds. The Bertz CT molecular complexity index is 528. The van der Waals surface area contributed by atoms with Crippen molar-refractivity contribution in [3.63, 3.8) is 0 Å². The van der Waals surface area contributed by atoms with Gasteiger partial charge in [-0.1, -0.05) is 18.2 Å². The van der Waals surface area contributed by atoms with Crippen molar-refractivity contribution in [3.8, 4) is 0 Å². The monoisotopic (exact) mass is 230 g/mol. The van der Waals surface area contributed by atoms with E-state index in [1.54, 1.807) is 0 Å². The number of rotatable bonds is 4. The number of nitrogens with one attached hydrogen (secondary N) is 1. The summed E-state index contributed by atoms with van der Waals surface area (Å²) in [4.78, 5) is 5.54. The molecule has 0 spiro atoms. The standard InChI is InChI=1S/C14H18N2O/c1-16(9-14(10-17)6-7-14)13-8-15-12-5-3-2-4-11(12)13/h2-5,8,15,17H,6-7,9-10H2,1H3. The van der Waals surface area contributed by atoms with Gasteiger partial charge in [-0.25, -0.2) is 0 Å². The van der Waals surface area contributed by atoms with Gasteiger partial charge in [0, 0.05) is 36.1 Å². The van der Waals surface area contributed by atoms with Crippen molar-refractivity contribution >= 4 is 16.6 Å². The molecule has 0 bridgehead atoms. The molecule has 0 radical (unpaired) electrons. The molecule has 1 saturated carbocycles. The summed E-state index contributed by atoms with van der Waals surface area (Å²) in [7, 11) is 2.10. The van der Waals surface area contributed by atoms with Crippen LogP contribution in [0.1, 0.15) is 12.8 Å². The van der Waals surface area contributed by atoms with Crippen LogP contribution in [0.25, 0.3) is 10.9 Å². The van der Waals surface area contributed by atoms with E-state index in [1.165, 1.54) is 16.6 Å². The topological polar surface area (TPSA) is 39.3 Å². The lowest BCUT2D eigenvalue weighted by Gasteiger charge is -2.23. The van der Waals surface area contributed by atoms with E-state index in [0.717, 1.165) is 19.4 Å². The molecule has 3 nitrogen and oxygen atoms in total. The normalized spacial score (nSPS) is 17.3. The molecule has 1 aromatic heterocycles. The number of aromatic nitrogens is 1. The van der Waals surface area contributed by atoms with Gasteiger partial charge >= 0.3 is 0 Å². The molecule has 2 aromatic rings. The van der Waals surface area contributed by atoms with Gasteiger partial charge in [0.05, 0.1) is 12.3 Å². The van der Waals surface area contributed by atoms with Gasteiger partial charge in [-0.05, 0) is 18.9 Å². The smallest absolute Gasteiger partial charge is 0.0621 e. The minimum Gasteiger partial charge on any atom is -0.396 e. The van der Waals surface area contributed by atoms with Gasteiger partial charge in [0.15, 0.2) is 0 Å². The van der Waals surface area contributed by atoms with E-state index in [-0.39, 0.29) is 5.41 Å². The second kappa shape index (κ2) is 3.77. The highest BCUT2D eigenvalue weighted by Crippen LogP contribution is 2.46. The lowest BCUT2D eigenvalue weighted by atomic mass is 10.1. The number of nitrogens with zero attached hydrogens (tertiary/aromatic N) is 1. The van der Waals surface area contributed by atoms with Gasteiger partial charge in [-0.15, -0.1) is 0 Å².